The van der Waals surface area contributed by atoms with Gasteiger partial charge in [0.05, 0.1) is 19.8 Å². The van der Waals surface area contributed by atoms with Crippen LogP contribution in [0.15, 0.2) is 36.5 Å². The number of unbranched alkanes of at least 4 members (excludes halogenated alkanes) is 31. The fraction of sp³-hybridized carbons (Fsp3) is 0.845. The molecule has 0 radical (unpaired) electrons. The molecule has 0 spiro atoms. The topological polar surface area (TPSA) is 155 Å². The zero-order valence-corrected chi connectivity index (χ0v) is 46.1. The van der Waals surface area contributed by atoms with Crippen molar-refractivity contribution < 1.29 is 52.2 Å². The Hall–Kier alpha value is -2.30. The van der Waals surface area contributed by atoms with E-state index in [9.17, 15) is 28.9 Å². The summed E-state index contributed by atoms with van der Waals surface area (Å²) in [5.41, 5.74) is 0. The van der Waals surface area contributed by atoms with Gasteiger partial charge in [0, 0.05) is 19.3 Å². The lowest BCUT2D eigenvalue weighted by atomic mass is 10.0. The Labute approximate surface area is 429 Å². The van der Waals surface area contributed by atoms with Gasteiger partial charge in [-0.15, -0.1) is 0 Å². The van der Waals surface area contributed by atoms with E-state index in [1.54, 1.807) is 0 Å². The summed E-state index contributed by atoms with van der Waals surface area (Å²) in [6, 6.07) is 0. The van der Waals surface area contributed by atoms with E-state index < -0.39 is 57.8 Å². The Morgan fingerprint density at radius 2 is 0.743 bits per heavy atom. The van der Waals surface area contributed by atoms with Gasteiger partial charge >= 0.3 is 25.7 Å². The first-order valence-electron chi connectivity index (χ1n) is 28.9. The largest absolute Gasteiger partial charge is 0.472 e. The third-order valence-corrected chi connectivity index (χ3v) is 13.5. The summed E-state index contributed by atoms with van der Waals surface area (Å²) in [5, 5.41) is 9.78. The number of allylic oxidation sites excluding steroid dienone is 6. The van der Waals surface area contributed by atoms with Gasteiger partial charge in [0.2, 0.25) is 0 Å². The lowest BCUT2D eigenvalue weighted by Gasteiger charge is -2.21. The molecule has 12 heteroatoms. The molecule has 0 aliphatic carbocycles. The fourth-order valence-corrected chi connectivity index (χ4v) is 8.87. The molecular weight excluding hydrogens is 904 g/mol. The molecule has 0 saturated heterocycles. The number of esters is 3. The number of hydrogen-bond donors (Lipinski definition) is 2. The Morgan fingerprint density at radius 3 is 1.17 bits per heavy atom. The molecule has 0 aromatic heterocycles. The highest BCUT2D eigenvalue weighted by Crippen LogP contribution is 2.43. The van der Waals surface area contributed by atoms with Crippen molar-refractivity contribution in [2.24, 2.45) is 0 Å². The molecule has 0 fully saturated rings. The van der Waals surface area contributed by atoms with Crippen molar-refractivity contribution in [3.8, 4) is 0 Å². The monoisotopic (exact) mass is 1010 g/mol. The number of hydrogen-bond acceptors (Lipinski definition) is 10. The predicted octanol–water partition coefficient (Wildman–Crippen LogP) is 16.8. The van der Waals surface area contributed by atoms with Crippen molar-refractivity contribution in [1.82, 2.24) is 0 Å². The van der Waals surface area contributed by atoms with Crippen LogP contribution >= 0.6 is 7.82 Å². The Kier molecular flexibility index (Phi) is 51.3. The highest BCUT2D eigenvalue weighted by atomic mass is 31.2. The van der Waals surface area contributed by atoms with E-state index in [-0.39, 0.29) is 25.9 Å². The first-order valence-corrected chi connectivity index (χ1v) is 30.4. The summed E-state index contributed by atoms with van der Waals surface area (Å²) in [5.74, 6) is -1.47. The van der Waals surface area contributed by atoms with Crippen LogP contribution < -0.4 is 0 Å². The molecule has 0 aliphatic rings. The van der Waals surface area contributed by atoms with Crippen LogP contribution in [0.4, 0.5) is 0 Å². The van der Waals surface area contributed by atoms with E-state index in [4.69, 9.17) is 23.3 Å². The molecule has 0 bridgehead atoms. The molecule has 0 aromatic rings. The van der Waals surface area contributed by atoms with Crippen LogP contribution in [-0.4, -0.2) is 66.5 Å². The van der Waals surface area contributed by atoms with E-state index in [0.717, 1.165) is 109 Å². The lowest BCUT2D eigenvalue weighted by Crippen LogP contribution is -2.30. The van der Waals surface area contributed by atoms with Gasteiger partial charge in [-0.1, -0.05) is 231 Å². The normalized spacial score (nSPS) is 13.6. The molecule has 3 atom stereocenters. The SMILES string of the molecule is CCC/C=C\C/C=C\CCCCCCCC(=O)OC(COC(=O)CCCCCCCCCCCCCCCCCCCCC)COP(=O)(O)OCC(CO)OC(=O)CCCCCCC/C=C\CCCC. The lowest BCUT2D eigenvalue weighted by molar-refractivity contribution is -0.161. The van der Waals surface area contributed by atoms with E-state index in [2.05, 4.69) is 57.2 Å². The number of carbonyl (C=O) groups is 3. The van der Waals surface area contributed by atoms with Gasteiger partial charge < -0.3 is 24.2 Å². The van der Waals surface area contributed by atoms with Crippen LogP contribution in [0.2, 0.25) is 0 Å². The van der Waals surface area contributed by atoms with Crippen molar-refractivity contribution in [3.63, 3.8) is 0 Å². The zero-order chi connectivity index (χ0) is 51.3. The van der Waals surface area contributed by atoms with Gasteiger partial charge in [0.1, 0.15) is 12.7 Å². The van der Waals surface area contributed by atoms with Gasteiger partial charge in [0.15, 0.2) is 6.10 Å². The van der Waals surface area contributed by atoms with E-state index >= 15 is 0 Å². The first kappa shape index (κ1) is 67.7. The van der Waals surface area contributed by atoms with Gasteiger partial charge in [-0.3, -0.25) is 23.4 Å². The van der Waals surface area contributed by atoms with Crippen LogP contribution in [0, 0.1) is 0 Å². The average molecular weight is 1010 g/mol. The molecule has 410 valence electrons. The van der Waals surface area contributed by atoms with Crippen LogP contribution in [-0.2, 0) is 42.2 Å². The van der Waals surface area contributed by atoms with Crippen LogP contribution in [0.5, 0.6) is 0 Å². The van der Waals surface area contributed by atoms with Crippen molar-refractivity contribution in [2.75, 3.05) is 26.4 Å². The molecule has 2 N–H and O–H groups in total. The number of ether oxygens (including phenoxy) is 3. The van der Waals surface area contributed by atoms with Crippen LogP contribution in [0.3, 0.4) is 0 Å². The van der Waals surface area contributed by atoms with Gasteiger partial charge in [0.25, 0.3) is 0 Å². The minimum absolute atomic E-state index is 0.154. The van der Waals surface area contributed by atoms with E-state index in [0.29, 0.717) is 19.3 Å². The molecule has 0 heterocycles. The van der Waals surface area contributed by atoms with Crippen LogP contribution in [0.1, 0.15) is 278 Å². The minimum atomic E-state index is -4.74. The molecule has 11 nitrogen and oxygen atoms in total. The first-order chi connectivity index (χ1) is 34.2. The molecule has 0 aliphatic heterocycles. The molecule has 0 rings (SSSR count). The van der Waals surface area contributed by atoms with Gasteiger partial charge in [-0.2, -0.15) is 0 Å². The van der Waals surface area contributed by atoms with Crippen molar-refractivity contribution in [1.29, 1.82) is 0 Å². The van der Waals surface area contributed by atoms with Gasteiger partial charge in [-0.05, 0) is 64.2 Å². The summed E-state index contributed by atoms with van der Waals surface area (Å²) in [4.78, 5) is 48.4. The summed E-state index contributed by atoms with van der Waals surface area (Å²) in [7, 11) is -4.74. The molecule has 0 aromatic carbocycles. The molecule has 3 unspecified atom stereocenters. The number of rotatable bonds is 54. The number of phosphoric acid groups is 1. The molecule has 70 heavy (non-hydrogen) atoms. The molecular formula is C58H107O11P. The van der Waals surface area contributed by atoms with Crippen molar-refractivity contribution in [3.05, 3.63) is 36.5 Å². The summed E-state index contributed by atoms with van der Waals surface area (Å²) in [6.45, 7) is 4.55. The second kappa shape index (κ2) is 53.0. The second-order valence-electron chi connectivity index (χ2n) is 19.5. The Bertz CT molecular complexity index is 1320. The molecule has 0 amide bonds. The maximum Gasteiger partial charge on any atom is 0.472 e. The standard InChI is InChI=1S/C58H107O11P/c1-4-7-10-13-16-19-22-24-25-26-27-28-29-31-33-35-38-41-44-47-56(60)65-51-55(69-58(62)49-46-43-40-37-34-30-23-20-17-14-11-8-5-2)53-67-70(63,64)66-52-54(50-59)68-57(61)48-45-42-39-36-32-21-18-15-12-9-6-3/h11,14-15,18,20,23,54-55,59H,4-10,12-13,16-17,19,21-22,24-53H2,1-3H3,(H,63,64)/b14-11-,18-15-,23-20-. The summed E-state index contributed by atoms with van der Waals surface area (Å²) < 4.78 is 39.4. The van der Waals surface area contributed by atoms with E-state index in [1.165, 1.54) is 109 Å². The van der Waals surface area contributed by atoms with Crippen LogP contribution in [0.25, 0.3) is 0 Å². The van der Waals surface area contributed by atoms with Gasteiger partial charge in [-0.25, -0.2) is 4.57 Å². The smallest absolute Gasteiger partial charge is 0.462 e. The number of carbonyl (C=O) groups excluding carboxylic acids is 3. The predicted molar refractivity (Wildman–Crippen MR) is 289 cm³/mol. The Morgan fingerprint density at radius 1 is 0.400 bits per heavy atom. The molecule has 0 saturated carbocycles. The number of phosphoric ester groups is 1. The maximum absolute atomic E-state index is 12.9. The minimum Gasteiger partial charge on any atom is -0.462 e. The third kappa shape index (κ3) is 50.6. The fourth-order valence-electron chi connectivity index (χ4n) is 8.08. The zero-order valence-electron chi connectivity index (χ0n) is 45.2. The maximum atomic E-state index is 12.9. The number of aliphatic hydroxyl groups excluding tert-OH is 1. The van der Waals surface area contributed by atoms with E-state index in [1.807, 2.05) is 0 Å². The highest BCUT2D eigenvalue weighted by Gasteiger charge is 2.28. The highest BCUT2D eigenvalue weighted by molar-refractivity contribution is 7.47. The number of aliphatic hydroxyl groups is 1. The van der Waals surface area contributed by atoms with Crippen molar-refractivity contribution in [2.45, 2.75) is 290 Å². The second-order valence-corrected chi connectivity index (χ2v) is 20.9. The summed E-state index contributed by atoms with van der Waals surface area (Å²) in [6.07, 6.45) is 54.0. The summed E-state index contributed by atoms with van der Waals surface area (Å²) >= 11 is 0. The quantitative estimate of drug-likeness (QED) is 0.0197. The van der Waals surface area contributed by atoms with Crippen molar-refractivity contribution >= 4 is 25.7 Å². The average Bonchev–Trinajstić information content (AvgIpc) is 3.35. The third-order valence-electron chi connectivity index (χ3n) is 12.5. The Balaban J connectivity index is 4.66.